The normalized spacial score (nSPS) is 12.9. The van der Waals surface area contributed by atoms with Gasteiger partial charge in [0.1, 0.15) is 0 Å². The first-order valence-electron chi connectivity index (χ1n) is 6.10. The second kappa shape index (κ2) is 5.87. The lowest BCUT2D eigenvalue weighted by molar-refractivity contribution is 0.554. The molecule has 3 nitrogen and oxygen atoms in total. The van der Waals surface area contributed by atoms with E-state index in [1.165, 1.54) is 4.88 Å². The van der Waals surface area contributed by atoms with Crippen LogP contribution in [0.1, 0.15) is 36.2 Å². The monoisotopic (exact) mass is 283 g/mol. The summed E-state index contributed by atoms with van der Waals surface area (Å²) in [5.41, 5.74) is 2.02. The first kappa shape index (κ1) is 13.6. The molecule has 0 saturated carbocycles. The van der Waals surface area contributed by atoms with Crippen molar-refractivity contribution in [3.05, 3.63) is 38.8 Å². The largest absolute Gasteiger partial charge is 0.304 e. The van der Waals surface area contributed by atoms with Gasteiger partial charge in [-0.1, -0.05) is 24.6 Å². The van der Waals surface area contributed by atoms with Crippen LogP contribution in [0.3, 0.4) is 0 Å². The van der Waals surface area contributed by atoms with Gasteiger partial charge in [-0.05, 0) is 24.8 Å². The molecular weight excluding hydrogens is 266 g/mol. The smallest absolute Gasteiger partial charge is 0.0863 e. The van der Waals surface area contributed by atoms with E-state index in [9.17, 15) is 0 Å². The number of nitrogens with zero attached hydrogens (tertiary/aromatic N) is 2. The zero-order valence-corrected chi connectivity index (χ0v) is 12.5. The van der Waals surface area contributed by atoms with E-state index in [1.54, 1.807) is 11.3 Å². The molecule has 0 unspecified atom stereocenters. The van der Waals surface area contributed by atoms with Crippen LogP contribution in [0.2, 0.25) is 5.02 Å². The fourth-order valence-electron chi connectivity index (χ4n) is 1.90. The second-order valence-electron chi connectivity index (χ2n) is 4.30. The number of hydrogen-bond acceptors (Lipinski definition) is 3. The van der Waals surface area contributed by atoms with Crippen LogP contribution >= 0.6 is 22.9 Å². The van der Waals surface area contributed by atoms with Crippen LogP contribution in [-0.4, -0.2) is 9.78 Å². The third kappa shape index (κ3) is 2.76. The summed E-state index contributed by atoms with van der Waals surface area (Å²) in [5.74, 6) is 0. The summed E-state index contributed by atoms with van der Waals surface area (Å²) < 4.78 is 1.87. The average molecular weight is 284 g/mol. The van der Waals surface area contributed by atoms with Gasteiger partial charge in [-0.3, -0.25) is 4.68 Å². The number of rotatable bonds is 5. The van der Waals surface area contributed by atoms with Gasteiger partial charge in [0.25, 0.3) is 0 Å². The van der Waals surface area contributed by atoms with Crippen molar-refractivity contribution in [1.82, 2.24) is 15.1 Å². The van der Waals surface area contributed by atoms with E-state index in [2.05, 4.69) is 41.8 Å². The van der Waals surface area contributed by atoms with E-state index < -0.39 is 0 Å². The molecular formula is C13H18ClN3S. The Kier molecular flexibility index (Phi) is 4.43. The first-order chi connectivity index (χ1) is 8.63. The molecule has 0 aliphatic carbocycles. The molecule has 2 aromatic rings. The van der Waals surface area contributed by atoms with Crippen LogP contribution in [-0.2, 0) is 20.0 Å². The SMILES string of the molecule is CCc1nn(C)c(CN[C@H](C)c2cccs2)c1Cl. The molecule has 1 N–H and O–H groups in total. The Hall–Kier alpha value is -0.840. The van der Waals surface area contributed by atoms with Gasteiger partial charge in [-0.2, -0.15) is 5.10 Å². The van der Waals surface area contributed by atoms with Crippen LogP contribution in [0.5, 0.6) is 0 Å². The molecule has 98 valence electrons. The van der Waals surface area contributed by atoms with Crippen LogP contribution in [0, 0.1) is 0 Å². The molecule has 5 heteroatoms. The van der Waals surface area contributed by atoms with Crippen molar-refractivity contribution in [3.8, 4) is 0 Å². The van der Waals surface area contributed by atoms with E-state index in [-0.39, 0.29) is 0 Å². The highest BCUT2D eigenvalue weighted by Gasteiger charge is 2.14. The summed E-state index contributed by atoms with van der Waals surface area (Å²) in [6, 6.07) is 4.55. The summed E-state index contributed by atoms with van der Waals surface area (Å²) in [5, 5.41) is 10.8. The van der Waals surface area contributed by atoms with Gasteiger partial charge in [-0.15, -0.1) is 11.3 Å². The number of nitrogens with one attached hydrogen (secondary N) is 1. The van der Waals surface area contributed by atoms with Crippen LogP contribution in [0.4, 0.5) is 0 Å². The molecule has 2 heterocycles. The van der Waals surface area contributed by atoms with E-state index in [4.69, 9.17) is 11.6 Å². The maximum atomic E-state index is 6.32. The number of halogens is 1. The van der Waals surface area contributed by atoms with Gasteiger partial charge < -0.3 is 5.32 Å². The molecule has 2 aromatic heterocycles. The minimum atomic E-state index is 0.334. The third-order valence-electron chi connectivity index (χ3n) is 3.05. The minimum absolute atomic E-state index is 0.334. The summed E-state index contributed by atoms with van der Waals surface area (Å²) in [6.07, 6.45) is 0.868. The zero-order chi connectivity index (χ0) is 13.1. The first-order valence-corrected chi connectivity index (χ1v) is 7.36. The van der Waals surface area contributed by atoms with Gasteiger partial charge in [0.05, 0.1) is 16.4 Å². The molecule has 2 rings (SSSR count). The van der Waals surface area contributed by atoms with Crippen molar-refractivity contribution in [2.45, 2.75) is 32.9 Å². The fourth-order valence-corrected chi connectivity index (χ4v) is 3.02. The predicted octanol–water partition coefficient (Wildman–Crippen LogP) is 3.55. The van der Waals surface area contributed by atoms with E-state index in [0.717, 1.165) is 29.4 Å². The Balaban J connectivity index is 2.04. The Morgan fingerprint density at radius 1 is 1.56 bits per heavy atom. The molecule has 0 amide bonds. The highest BCUT2D eigenvalue weighted by molar-refractivity contribution is 7.10. The lowest BCUT2D eigenvalue weighted by Crippen LogP contribution is -2.19. The highest BCUT2D eigenvalue weighted by Crippen LogP contribution is 2.23. The Labute approximate surface area is 117 Å². The standard InChI is InChI=1S/C13H18ClN3S/c1-4-10-13(14)11(17(3)16-10)8-15-9(2)12-6-5-7-18-12/h5-7,9,15H,4,8H2,1-3H3/t9-/m1/s1. The minimum Gasteiger partial charge on any atom is -0.304 e. The molecule has 0 aromatic carbocycles. The van der Waals surface area contributed by atoms with Gasteiger partial charge in [0.15, 0.2) is 0 Å². The van der Waals surface area contributed by atoms with Crippen molar-refractivity contribution >= 4 is 22.9 Å². The molecule has 0 aliphatic heterocycles. The third-order valence-corrected chi connectivity index (χ3v) is 4.54. The lowest BCUT2D eigenvalue weighted by atomic mass is 10.2. The quantitative estimate of drug-likeness (QED) is 0.909. The summed E-state index contributed by atoms with van der Waals surface area (Å²) in [4.78, 5) is 1.34. The summed E-state index contributed by atoms with van der Waals surface area (Å²) in [7, 11) is 1.94. The van der Waals surface area contributed by atoms with Crippen LogP contribution < -0.4 is 5.32 Å². The molecule has 0 aliphatic rings. The summed E-state index contributed by atoms with van der Waals surface area (Å²) >= 11 is 8.08. The molecule has 0 saturated heterocycles. The number of aryl methyl sites for hydroxylation is 2. The topological polar surface area (TPSA) is 29.9 Å². The van der Waals surface area contributed by atoms with Gasteiger partial charge in [0.2, 0.25) is 0 Å². The molecule has 0 radical (unpaired) electrons. The molecule has 0 spiro atoms. The Morgan fingerprint density at radius 2 is 2.33 bits per heavy atom. The fraction of sp³-hybridized carbons (Fsp3) is 0.462. The number of aromatic nitrogens is 2. The number of thiophene rings is 1. The average Bonchev–Trinajstić information content (AvgIpc) is 2.96. The van der Waals surface area contributed by atoms with Crippen LogP contribution in [0.25, 0.3) is 0 Å². The zero-order valence-electron chi connectivity index (χ0n) is 10.9. The van der Waals surface area contributed by atoms with Crippen molar-refractivity contribution in [3.63, 3.8) is 0 Å². The molecule has 1 atom stereocenters. The van der Waals surface area contributed by atoms with Gasteiger partial charge in [-0.25, -0.2) is 0 Å². The highest BCUT2D eigenvalue weighted by atomic mass is 35.5. The van der Waals surface area contributed by atoms with Gasteiger partial charge >= 0.3 is 0 Å². The van der Waals surface area contributed by atoms with Crippen molar-refractivity contribution in [2.24, 2.45) is 7.05 Å². The maximum Gasteiger partial charge on any atom is 0.0863 e. The van der Waals surface area contributed by atoms with E-state index >= 15 is 0 Å². The van der Waals surface area contributed by atoms with E-state index in [1.807, 2.05) is 11.7 Å². The maximum absolute atomic E-state index is 6.32. The van der Waals surface area contributed by atoms with Crippen molar-refractivity contribution in [2.75, 3.05) is 0 Å². The van der Waals surface area contributed by atoms with Crippen molar-refractivity contribution in [1.29, 1.82) is 0 Å². The molecule has 0 fully saturated rings. The second-order valence-corrected chi connectivity index (χ2v) is 5.66. The predicted molar refractivity (Wildman–Crippen MR) is 77.2 cm³/mol. The molecule has 18 heavy (non-hydrogen) atoms. The lowest BCUT2D eigenvalue weighted by Gasteiger charge is -2.12. The van der Waals surface area contributed by atoms with Crippen molar-refractivity contribution < 1.29 is 0 Å². The van der Waals surface area contributed by atoms with E-state index in [0.29, 0.717) is 6.04 Å². The Bertz CT molecular complexity index is 505. The number of hydrogen-bond donors (Lipinski definition) is 1. The van der Waals surface area contributed by atoms with Gasteiger partial charge in [0, 0.05) is 24.5 Å². The van der Waals surface area contributed by atoms with Crippen LogP contribution in [0.15, 0.2) is 17.5 Å². The Morgan fingerprint density at radius 3 is 2.89 bits per heavy atom. The molecule has 0 bridgehead atoms. The summed E-state index contributed by atoms with van der Waals surface area (Å²) in [6.45, 7) is 4.97.